The highest BCUT2D eigenvalue weighted by Crippen LogP contribution is 2.40. The van der Waals surface area contributed by atoms with Crippen molar-refractivity contribution in [2.75, 3.05) is 0 Å². The molecule has 11 rings (SSSR count). The molecule has 0 bridgehead atoms. The van der Waals surface area contributed by atoms with Crippen molar-refractivity contribution in [2.45, 2.75) is 0 Å². The van der Waals surface area contributed by atoms with Crippen LogP contribution in [0.15, 0.2) is 198 Å². The van der Waals surface area contributed by atoms with Crippen LogP contribution in [0, 0.1) is 0 Å². The maximum Gasteiger partial charge on any atom is 0.164 e. The summed E-state index contributed by atoms with van der Waals surface area (Å²) in [7, 11) is 0. The van der Waals surface area contributed by atoms with E-state index in [0.717, 1.165) is 77.5 Å². The van der Waals surface area contributed by atoms with E-state index in [2.05, 4.69) is 30.3 Å². The number of furan rings is 1. The number of hydrogen-bond acceptors (Lipinski definition) is 4. The summed E-state index contributed by atoms with van der Waals surface area (Å²) < 4.78 is 43.9. The number of hydrogen-bond donors (Lipinski definition) is 0. The number of para-hydroxylation sites is 2. The standard InChI is InChI=1S/C51H32N4O/c1-3-13-33(14-4-1)36-17-11-18-37(31-36)40-21-12-23-45-48(40)43-20-7-9-22-44(43)55(45)39-28-25-35(26-29-39)50-52-49(34-15-5-2-6-16-34)53-51(54-50)38-27-30-42-41-19-8-10-24-46(41)56-47(42)32-38/h1-32H/i7D,9D,20D,22D. The van der Waals surface area contributed by atoms with Gasteiger partial charge in [0.05, 0.1) is 16.5 Å². The Bertz CT molecular complexity index is 3470. The molecule has 0 radical (unpaired) electrons. The molecule has 262 valence electrons. The van der Waals surface area contributed by atoms with E-state index in [1.54, 1.807) is 0 Å². The average Bonchev–Trinajstić information content (AvgIpc) is 3.87. The quantitative estimate of drug-likeness (QED) is 0.172. The van der Waals surface area contributed by atoms with Crippen molar-refractivity contribution < 1.29 is 9.90 Å². The first kappa shape index (κ1) is 27.9. The van der Waals surface area contributed by atoms with Crippen LogP contribution in [0.5, 0.6) is 0 Å². The van der Waals surface area contributed by atoms with E-state index in [9.17, 15) is 2.74 Å². The SMILES string of the molecule is [2H]c1c([2H])c([2H])c2c(c1[2H])c1c(-c3cccc(-c4ccccc4)c3)cccc1n2-c1ccc(-c2nc(-c3ccccc3)nc(-c3ccc4c(c3)oc3ccccc34)n2)cc1. The Hall–Kier alpha value is -7.63. The number of fused-ring (bicyclic) bond motifs is 6. The minimum Gasteiger partial charge on any atom is -0.456 e. The molecule has 5 nitrogen and oxygen atoms in total. The van der Waals surface area contributed by atoms with Gasteiger partial charge in [-0.05, 0) is 82.9 Å². The second-order valence-electron chi connectivity index (χ2n) is 13.7. The lowest BCUT2D eigenvalue weighted by molar-refractivity contribution is 0.669. The Morgan fingerprint density at radius 1 is 0.411 bits per heavy atom. The summed E-state index contributed by atoms with van der Waals surface area (Å²) in [5.74, 6) is 1.53. The summed E-state index contributed by atoms with van der Waals surface area (Å²) in [5, 5.41) is 3.29. The molecule has 0 fully saturated rings. The third-order valence-electron chi connectivity index (χ3n) is 10.4. The maximum atomic E-state index is 9.19. The van der Waals surface area contributed by atoms with Crippen molar-refractivity contribution in [1.82, 2.24) is 19.5 Å². The first-order valence-corrected chi connectivity index (χ1v) is 18.4. The van der Waals surface area contributed by atoms with Crippen molar-refractivity contribution in [3.8, 4) is 62.1 Å². The fourth-order valence-corrected chi connectivity index (χ4v) is 7.74. The molecule has 0 saturated heterocycles. The monoisotopic (exact) mass is 720 g/mol. The number of aromatic nitrogens is 4. The fraction of sp³-hybridized carbons (Fsp3) is 0. The van der Waals surface area contributed by atoms with E-state index >= 15 is 0 Å². The molecule has 5 heteroatoms. The fourth-order valence-electron chi connectivity index (χ4n) is 7.74. The molecule has 0 N–H and O–H groups in total. The Labute approximate surface area is 328 Å². The normalized spacial score (nSPS) is 12.6. The molecule has 0 saturated carbocycles. The van der Waals surface area contributed by atoms with Gasteiger partial charge < -0.3 is 8.98 Å². The molecule has 11 aromatic rings. The average molecular weight is 721 g/mol. The molecule has 3 heterocycles. The van der Waals surface area contributed by atoms with Gasteiger partial charge in [0.1, 0.15) is 11.2 Å². The van der Waals surface area contributed by atoms with Crippen LogP contribution in [0.3, 0.4) is 0 Å². The topological polar surface area (TPSA) is 56.7 Å². The lowest BCUT2D eigenvalue weighted by Gasteiger charge is -2.11. The van der Waals surface area contributed by atoms with E-state index in [-0.39, 0.29) is 24.2 Å². The van der Waals surface area contributed by atoms with Gasteiger partial charge in [-0.25, -0.2) is 15.0 Å². The van der Waals surface area contributed by atoms with Crippen LogP contribution in [0.2, 0.25) is 0 Å². The van der Waals surface area contributed by atoms with Crippen LogP contribution in [-0.2, 0) is 0 Å². The molecule has 0 amide bonds. The van der Waals surface area contributed by atoms with Crippen LogP contribution >= 0.6 is 0 Å². The van der Waals surface area contributed by atoms with Gasteiger partial charge in [-0.2, -0.15) is 0 Å². The number of nitrogens with zero attached hydrogens (tertiary/aromatic N) is 4. The lowest BCUT2D eigenvalue weighted by atomic mass is 9.96. The molecule has 0 unspecified atom stereocenters. The predicted octanol–water partition coefficient (Wildman–Crippen LogP) is 13.2. The third-order valence-corrected chi connectivity index (χ3v) is 10.4. The highest BCUT2D eigenvalue weighted by atomic mass is 16.3. The Morgan fingerprint density at radius 2 is 1.02 bits per heavy atom. The van der Waals surface area contributed by atoms with Gasteiger partial charge in [-0.3, -0.25) is 0 Å². The van der Waals surface area contributed by atoms with E-state index < -0.39 is 0 Å². The highest BCUT2D eigenvalue weighted by molar-refractivity contribution is 6.16. The molecule has 3 aromatic heterocycles. The van der Waals surface area contributed by atoms with E-state index in [4.69, 9.17) is 22.1 Å². The molecule has 0 spiro atoms. The second-order valence-corrected chi connectivity index (χ2v) is 13.7. The van der Waals surface area contributed by atoms with E-state index in [1.807, 2.05) is 144 Å². The molecule has 8 aromatic carbocycles. The van der Waals surface area contributed by atoms with Crippen LogP contribution in [-0.4, -0.2) is 19.5 Å². The second kappa shape index (κ2) is 13.0. The largest absolute Gasteiger partial charge is 0.456 e. The molecule has 0 atom stereocenters. The van der Waals surface area contributed by atoms with Gasteiger partial charge in [0.15, 0.2) is 17.5 Å². The highest BCUT2D eigenvalue weighted by Gasteiger charge is 2.18. The lowest BCUT2D eigenvalue weighted by Crippen LogP contribution is -2.00. The zero-order valence-electron chi connectivity index (χ0n) is 33.9. The number of rotatable bonds is 6. The van der Waals surface area contributed by atoms with Gasteiger partial charge in [0.2, 0.25) is 0 Å². The van der Waals surface area contributed by atoms with Crippen LogP contribution in [0.25, 0.3) is 106 Å². The smallest absolute Gasteiger partial charge is 0.164 e. The summed E-state index contributed by atoms with van der Waals surface area (Å²) in [5.41, 5.74) is 9.84. The molecular formula is C51H32N4O. The molecular weight excluding hydrogens is 685 g/mol. The van der Waals surface area contributed by atoms with Crippen LogP contribution < -0.4 is 0 Å². The molecule has 0 aliphatic carbocycles. The molecule has 56 heavy (non-hydrogen) atoms. The summed E-state index contributed by atoms with van der Waals surface area (Å²) in [6.45, 7) is 0. The van der Waals surface area contributed by atoms with Crippen LogP contribution in [0.4, 0.5) is 0 Å². The Balaban J connectivity index is 1.07. The van der Waals surface area contributed by atoms with Crippen molar-refractivity contribution in [2.24, 2.45) is 0 Å². The van der Waals surface area contributed by atoms with Crippen molar-refractivity contribution in [3.63, 3.8) is 0 Å². The maximum absolute atomic E-state index is 9.19. The van der Waals surface area contributed by atoms with Gasteiger partial charge in [0.25, 0.3) is 0 Å². The third kappa shape index (κ3) is 5.37. The first-order chi connectivity index (χ1) is 29.4. The summed E-state index contributed by atoms with van der Waals surface area (Å²) in [6, 6.07) is 55.3. The zero-order chi connectivity index (χ0) is 40.5. The van der Waals surface area contributed by atoms with E-state index in [0.29, 0.717) is 28.4 Å². The van der Waals surface area contributed by atoms with Gasteiger partial charge in [-0.15, -0.1) is 0 Å². The van der Waals surface area contributed by atoms with Crippen molar-refractivity contribution in [3.05, 3.63) is 194 Å². The Kier molecular flexibility index (Phi) is 6.50. The minimum absolute atomic E-state index is 0.0787. The van der Waals surface area contributed by atoms with Crippen molar-refractivity contribution >= 4 is 43.7 Å². The summed E-state index contributed by atoms with van der Waals surface area (Å²) >= 11 is 0. The Morgan fingerprint density at radius 3 is 1.82 bits per heavy atom. The predicted molar refractivity (Wildman–Crippen MR) is 229 cm³/mol. The number of benzene rings is 8. The summed E-state index contributed by atoms with van der Waals surface area (Å²) in [4.78, 5) is 14.9. The van der Waals surface area contributed by atoms with Gasteiger partial charge in [0, 0.05) is 43.9 Å². The zero-order valence-corrected chi connectivity index (χ0v) is 29.9. The first-order valence-electron chi connectivity index (χ1n) is 20.4. The van der Waals surface area contributed by atoms with E-state index in [1.165, 1.54) is 0 Å². The molecule has 0 aliphatic heterocycles. The molecule has 0 aliphatic rings. The summed E-state index contributed by atoms with van der Waals surface area (Å²) in [6.07, 6.45) is 0. The minimum atomic E-state index is -0.284. The van der Waals surface area contributed by atoms with Gasteiger partial charge in [-0.1, -0.05) is 133 Å². The van der Waals surface area contributed by atoms with Gasteiger partial charge >= 0.3 is 0 Å². The van der Waals surface area contributed by atoms with Crippen molar-refractivity contribution in [1.29, 1.82) is 0 Å². The van der Waals surface area contributed by atoms with Crippen LogP contribution in [0.1, 0.15) is 5.48 Å².